The molecule has 1 atom stereocenters. The van der Waals surface area contributed by atoms with Crippen molar-refractivity contribution in [2.24, 2.45) is 5.92 Å². The lowest BCUT2D eigenvalue weighted by molar-refractivity contribution is 0.551. The zero-order chi connectivity index (χ0) is 14.0. The highest BCUT2D eigenvalue weighted by atomic mass is 35.5. The van der Waals surface area contributed by atoms with Crippen LogP contribution in [0.1, 0.15) is 25.8 Å². The van der Waals surface area contributed by atoms with Crippen LogP contribution in [0.25, 0.3) is 0 Å². The van der Waals surface area contributed by atoms with Gasteiger partial charge in [-0.3, -0.25) is 0 Å². The number of anilines is 1. The Morgan fingerprint density at radius 3 is 2.70 bits per heavy atom. The molecule has 0 fully saturated rings. The van der Waals surface area contributed by atoms with E-state index < -0.39 is 15.1 Å². The van der Waals surface area contributed by atoms with E-state index in [1.807, 2.05) is 26.0 Å². The molecule has 0 amide bonds. The lowest BCUT2D eigenvalue weighted by Gasteiger charge is -2.16. The summed E-state index contributed by atoms with van der Waals surface area (Å²) in [6, 6.07) is 5.37. The largest absolute Gasteiger partial charge is 0.384 e. The third kappa shape index (κ3) is 3.36. The molecule has 0 spiro atoms. The topological polar surface area (TPSA) is 46.2 Å². The zero-order valence-electron chi connectivity index (χ0n) is 11.9. The van der Waals surface area contributed by atoms with Crippen LogP contribution in [0, 0.1) is 5.92 Å². The summed E-state index contributed by atoms with van der Waals surface area (Å²) in [5.74, 6) is 0.328. The molecule has 1 aliphatic rings. The number of rotatable bonds is 5. The Balaban J connectivity index is 0.00000200. The molecule has 20 heavy (non-hydrogen) atoms. The fourth-order valence-corrected chi connectivity index (χ4v) is 4.25. The first-order valence-corrected chi connectivity index (χ1v) is 8.23. The van der Waals surface area contributed by atoms with Crippen molar-refractivity contribution >= 4 is 27.9 Å². The van der Waals surface area contributed by atoms with Gasteiger partial charge in [-0.05, 0) is 42.5 Å². The molecule has 1 heterocycles. The third-order valence-corrected chi connectivity index (χ3v) is 5.57. The second-order valence-electron chi connectivity index (χ2n) is 5.44. The predicted molar refractivity (Wildman–Crippen MR) is 86.5 cm³/mol. The lowest BCUT2D eigenvalue weighted by atomic mass is 10.1. The van der Waals surface area contributed by atoms with Crippen molar-refractivity contribution in [1.29, 1.82) is 0 Å². The summed E-state index contributed by atoms with van der Waals surface area (Å²) in [6.07, 6.45) is 3.06. The van der Waals surface area contributed by atoms with Gasteiger partial charge in [-0.1, -0.05) is 19.9 Å². The molecule has 2 rings (SSSR count). The van der Waals surface area contributed by atoms with Crippen LogP contribution in [0.4, 0.5) is 5.69 Å². The summed E-state index contributed by atoms with van der Waals surface area (Å²) in [4.78, 5) is 0.417. The molecule has 5 heteroatoms. The van der Waals surface area contributed by atoms with Crippen LogP contribution in [0.3, 0.4) is 0 Å². The summed E-state index contributed by atoms with van der Waals surface area (Å²) in [6.45, 7) is 8.62. The van der Waals surface area contributed by atoms with Crippen LogP contribution in [0.5, 0.6) is 0 Å². The fraction of sp³-hybridized carbons (Fsp3) is 0.467. The summed E-state index contributed by atoms with van der Waals surface area (Å²) >= 11 is 0. The predicted octanol–water partition coefficient (Wildman–Crippen LogP) is 3.45. The van der Waals surface area contributed by atoms with E-state index in [0.29, 0.717) is 17.2 Å². The first-order valence-electron chi connectivity index (χ1n) is 6.68. The summed E-state index contributed by atoms with van der Waals surface area (Å²) in [7, 11) is -3.31. The Bertz CT molecular complexity index is 582. The number of nitrogens with one attached hydrogen (secondary N) is 1. The van der Waals surface area contributed by atoms with Crippen molar-refractivity contribution in [1.82, 2.24) is 0 Å². The molecule has 1 aromatic carbocycles. The van der Waals surface area contributed by atoms with Gasteiger partial charge in [0, 0.05) is 12.2 Å². The number of hydrogen-bond donors (Lipinski definition) is 1. The molecule has 0 saturated heterocycles. The monoisotopic (exact) mass is 315 g/mol. The minimum absolute atomic E-state index is 0. The van der Waals surface area contributed by atoms with Gasteiger partial charge in [-0.15, -0.1) is 19.0 Å². The smallest absolute Gasteiger partial charge is 0.184 e. The fourth-order valence-electron chi connectivity index (χ4n) is 2.45. The zero-order valence-corrected chi connectivity index (χ0v) is 13.6. The van der Waals surface area contributed by atoms with E-state index in [1.165, 1.54) is 0 Å². The maximum Gasteiger partial charge on any atom is 0.184 e. The highest BCUT2D eigenvalue weighted by Crippen LogP contribution is 2.28. The van der Waals surface area contributed by atoms with E-state index in [9.17, 15) is 8.42 Å². The Morgan fingerprint density at radius 1 is 1.40 bits per heavy atom. The Kier molecular flexibility index (Phi) is 5.66. The first kappa shape index (κ1) is 17.1. The normalized spacial score (nSPS) is 15.2. The summed E-state index contributed by atoms with van der Waals surface area (Å²) in [5, 5.41) is 2.74. The molecule has 1 unspecified atom stereocenters. The van der Waals surface area contributed by atoms with Crippen LogP contribution >= 0.6 is 12.4 Å². The number of benzene rings is 1. The van der Waals surface area contributed by atoms with Crippen molar-refractivity contribution in [2.75, 3.05) is 11.9 Å². The van der Waals surface area contributed by atoms with Crippen molar-refractivity contribution in [3.63, 3.8) is 0 Å². The van der Waals surface area contributed by atoms with E-state index in [4.69, 9.17) is 0 Å². The number of hydrogen-bond acceptors (Lipinski definition) is 3. The van der Waals surface area contributed by atoms with Gasteiger partial charge in [-0.25, -0.2) is 8.42 Å². The van der Waals surface area contributed by atoms with Crippen molar-refractivity contribution in [3.05, 3.63) is 36.4 Å². The average Bonchev–Trinajstić information content (AvgIpc) is 2.82. The standard InChI is InChI=1S/C15H21NO2S.ClH/c1-4-13(9-11(2)3)19(17,18)14-5-6-15-12(10-14)7-8-16-15;/h4-6,10-11,13,16H,1,7-9H2,2-3H3;1H. The Hall–Kier alpha value is -1.00. The molecule has 0 aromatic heterocycles. The minimum Gasteiger partial charge on any atom is -0.384 e. The van der Waals surface area contributed by atoms with Gasteiger partial charge < -0.3 is 5.32 Å². The van der Waals surface area contributed by atoms with E-state index in [1.54, 1.807) is 12.1 Å². The first-order chi connectivity index (χ1) is 8.95. The SMILES string of the molecule is C=CC(CC(C)C)S(=O)(=O)c1ccc2c(c1)CCN2.Cl. The van der Waals surface area contributed by atoms with Gasteiger partial charge in [0.05, 0.1) is 10.1 Å². The summed E-state index contributed by atoms with van der Waals surface area (Å²) < 4.78 is 25.2. The van der Waals surface area contributed by atoms with Gasteiger partial charge in [0.1, 0.15) is 0 Å². The maximum atomic E-state index is 12.6. The molecule has 1 aliphatic heterocycles. The summed E-state index contributed by atoms with van der Waals surface area (Å²) in [5.41, 5.74) is 2.14. The second-order valence-corrected chi connectivity index (χ2v) is 7.61. The quantitative estimate of drug-likeness (QED) is 0.847. The van der Waals surface area contributed by atoms with Crippen molar-refractivity contribution in [3.8, 4) is 0 Å². The van der Waals surface area contributed by atoms with Crippen LogP contribution in [0.2, 0.25) is 0 Å². The van der Waals surface area contributed by atoms with E-state index in [2.05, 4.69) is 11.9 Å². The lowest BCUT2D eigenvalue weighted by Crippen LogP contribution is -2.21. The molecule has 1 N–H and O–H groups in total. The molecule has 3 nitrogen and oxygen atoms in total. The van der Waals surface area contributed by atoms with E-state index >= 15 is 0 Å². The van der Waals surface area contributed by atoms with E-state index in [-0.39, 0.29) is 12.4 Å². The van der Waals surface area contributed by atoms with E-state index in [0.717, 1.165) is 24.2 Å². The molecule has 0 radical (unpaired) electrons. The van der Waals surface area contributed by atoms with Crippen LogP contribution < -0.4 is 5.32 Å². The Labute approximate surface area is 127 Å². The Morgan fingerprint density at radius 2 is 2.10 bits per heavy atom. The maximum absolute atomic E-state index is 12.6. The van der Waals surface area contributed by atoms with Crippen LogP contribution in [-0.4, -0.2) is 20.2 Å². The average molecular weight is 316 g/mol. The number of halogens is 1. The van der Waals surface area contributed by atoms with Crippen molar-refractivity contribution < 1.29 is 8.42 Å². The highest BCUT2D eigenvalue weighted by molar-refractivity contribution is 7.92. The van der Waals surface area contributed by atoms with Crippen LogP contribution in [0.15, 0.2) is 35.7 Å². The minimum atomic E-state index is -3.31. The molecule has 1 aromatic rings. The van der Waals surface area contributed by atoms with Crippen LogP contribution in [-0.2, 0) is 16.3 Å². The van der Waals surface area contributed by atoms with Gasteiger partial charge in [0.25, 0.3) is 0 Å². The van der Waals surface area contributed by atoms with Gasteiger partial charge >= 0.3 is 0 Å². The molecule has 112 valence electrons. The number of fused-ring (bicyclic) bond motifs is 1. The molecule has 0 aliphatic carbocycles. The van der Waals surface area contributed by atoms with Crippen molar-refractivity contribution in [2.45, 2.75) is 36.8 Å². The second kappa shape index (κ2) is 6.64. The molecule has 0 saturated carbocycles. The van der Waals surface area contributed by atoms with Gasteiger partial charge in [0.2, 0.25) is 0 Å². The molecular formula is C15H22ClNO2S. The van der Waals surface area contributed by atoms with Gasteiger partial charge in [0.15, 0.2) is 9.84 Å². The number of sulfone groups is 1. The highest BCUT2D eigenvalue weighted by Gasteiger charge is 2.26. The molecular weight excluding hydrogens is 294 g/mol. The van der Waals surface area contributed by atoms with Gasteiger partial charge in [-0.2, -0.15) is 0 Å². The molecule has 0 bridgehead atoms. The third-order valence-electron chi connectivity index (χ3n) is 3.48.